The molecule has 0 saturated carbocycles. The Morgan fingerprint density at radius 3 is 2.62 bits per heavy atom. The van der Waals surface area contributed by atoms with Crippen molar-refractivity contribution in [1.29, 1.82) is 0 Å². The smallest absolute Gasteiger partial charge is 0.0702 e. The zero-order valence-corrected chi connectivity index (χ0v) is 8.54. The number of aromatic nitrogens is 1. The first-order valence-corrected chi connectivity index (χ1v) is 4.78. The molecule has 1 aromatic rings. The van der Waals surface area contributed by atoms with E-state index in [1.807, 2.05) is 12.3 Å². The van der Waals surface area contributed by atoms with Crippen LogP contribution in [0.15, 0.2) is 12.3 Å². The summed E-state index contributed by atoms with van der Waals surface area (Å²) in [5.41, 5.74) is 3.25. The molecule has 0 radical (unpaired) electrons. The number of aliphatic hydroxyl groups excluding tert-OH is 1. The molecule has 2 nitrogen and oxygen atoms in total. The molecule has 0 bridgehead atoms. The van der Waals surface area contributed by atoms with Gasteiger partial charge in [-0.1, -0.05) is 20.8 Å². The van der Waals surface area contributed by atoms with Gasteiger partial charge in [-0.3, -0.25) is 4.98 Å². The molecule has 0 spiro atoms. The predicted octanol–water partition coefficient (Wildman–Crippen LogP) is 2.26. The Labute approximate surface area is 79.6 Å². The Morgan fingerprint density at radius 1 is 1.46 bits per heavy atom. The van der Waals surface area contributed by atoms with Crippen molar-refractivity contribution in [2.24, 2.45) is 0 Å². The average molecular weight is 179 g/mol. The minimum atomic E-state index is 0.102. The fourth-order valence-corrected chi connectivity index (χ4v) is 1.56. The van der Waals surface area contributed by atoms with Gasteiger partial charge in [0.25, 0.3) is 0 Å². The van der Waals surface area contributed by atoms with Crippen molar-refractivity contribution < 1.29 is 5.11 Å². The lowest BCUT2D eigenvalue weighted by molar-refractivity contribution is 0.278. The number of hydrogen-bond donors (Lipinski definition) is 1. The van der Waals surface area contributed by atoms with Gasteiger partial charge in [0, 0.05) is 17.5 Å². The number of aliphatic hydroxyl groups is 1. The molecule has 1 heterocycles. The highest BCUT2D eigenvalue weighted by atomic mass is 16.3. The lowest BCUT2D eigenvalue weighted by Crippen LogP contribution is -2.03. The third kappa shape index (κ3) is 2.07. The zero-order chi connectivity index (χ0) is 9.84. The highest BCUT2D eigenvalue weighted by Crippen LogP contribution is 2.20. The molecular formula is C11H17NO. The van der Waals surface area contributed by atoms with Crippen LogP contribution in [0.25, 0.3) is 0 Å². The van der Waals surface area contributed by atoms with E-state index in [0.717, 1.165) is 17.7 Å². The van der Waals surface area contributed by atoms with Gasteiger partial charge in [0.05, 0.1) is 6.61 Å². The normalized spacial score (nSPS) is 10.8. The van der Waals surface area contributed by atoms with E-state index >= 15 is 0 Å². The van der Waals surface area contributed by atoms with Gasteiger partial charge in [-0.25, -0.2) is 0 Å². The highest BCUT2D eigenvalue weighted by molar-refractivity contribution is 5.31. The maximum Gasteiger partial charge on any atom is 0.0702 e. The minimum absolute atomic E-state index is 0.102. The Morgan fingerprint density at radius 2 is 2.15 bits per heavy atom. The quantitative estimate of drug-likeness (QED) is 0.772. The molecular weight excluding hydrogens is 162 g/mol. The van der Waals surface area contributed by atoms with Crippen LogP contribution in [0.5, 0.6) is 0 Å². The number of nitrogens with zero attached hydrogens (tertiary/aromatic N) is 1. The highest BCUT2D eigenvalue weighted by Gasteiger charge is 2.10. The summed E-state index contributed by atoms with van der Waals surface area (Å²) in [5, 5.41) is 9.24. The van der Waals surface area contributed by atoms with Gasteiger partial charge in [0.2, 0.25) is 0 Å². The van der Waals surface area contributed by atoms with E-state index in [9.17, 15) is 5.11 Å². The molecule has 1 rings (SSSR count). The summed E-state index contributed by atoms with van der Waals surface area (Å²) < 4.78 is 0. The molecule has 13 heavy (non-hydrogen) atoms. The van der Waals surface area contributed by atoms with Crippen LogP contribution in [0, 0.1) is 0 Å². The van der Waals surface area contributed by atoms with Gasteiger partial charge in [0.15, 0.2) is 0 Å². The summed E-state index contributed by atoms with van der Waals surface area (Å²) in [4.78, 5) is 4.30. The Kier molecular flexibility index (Phi) is 3.43. The monoisotopic (exact) mass is 179 g/mol. The summed E-state index contributed by atoms with van der Waals surface area (Å²) in [6.45, 7) is 6.39. The van der Waals surface area contributed by atoms with E-state index in [1.54, 1.807) is 0 Å². The van der Waals surface area contributed by atoms with Crippen LogP contribution in [0.1, 0.15) is 43.5 Å². The molecule has 1 aromatic heterocycles. The summed E-state index contributed by atoms with van der Waals surface area (Å²) in [7, 11) is 0. The van der Waals surface area contributed by atoms with Crippen LogP contribution in [0.4, 0.5) is 0 Å². The Bertz CT molecular complexity index is 281. The van der Waals surface area contributed by atoms with Gasteiger partial charge >= 0.3 is 0 Å². The molecule has 0 aliphatic carbocycles. The van der Waals surface area contributed by atoms with Crippen LogP contribution in [0.2, 0.25) is 0 Å². The van der Waals surface area contributed by atoms with Crippen molar-refractivity contribution in [3.05, 3.63) is 29.1 Å². The van der Waals surface area contributed by atoms with Crippen molar-refractivity contribution in [2.45, 2.75) is 39.7 Å². The summed E-state index contributed by atoms with van der Waals surface area (Å²) in [6, 6.07) is 1.98. The van der Waals surface area contributed by atoms with E-state index in [4.69, 9.17) is 0 Å². The predicted molar refractivity (Wildman–Crippen MR) is 53.6 cm³/mol. The molecule has 0 atom stereocenters. The standard InChI is InChI=1S/C11H17NO/c1-4-9-5-6-12-11(8(2)3)10(9)7-13/h5-6,8,13H,4,7H2,1-3H3. The first-order chi connectivity index (χ1) is 6.20. The van der Waals surface area contributed by atoms with E-state index in [1.165, 1.54) is 5.56 Å². The van der Waals surface area contributed by atoms with Crippen molar-refractivity contribution in [1.82, 2.24) is 4.98 Å². The molecule has 2 heteroatoms. The zero-order valence-electron chi connectivity index (χ0n) is 8.54. The van der Waals surface area contributed by atoms with Crippen molar-refractivity contribution in [3.63, 3.8) is 0 Å². The molecule has 0 unspecified atom stereocenters. The van der Waals surface area contributed by atoms with E-state index in [2.05, 4.69) is 25.8 Å². The van der Waals surface area contributed by atoms with Crippen LogP contribution in [0.3, 0.4) is 0 Å². The molecule has 0 amide bonds. The first-order valence-electron chi connectivity index (χ1n) is 4.78. The maximum absolute atomic E-state index is 9.24. The largest absolute Gasteiger partial charge is 0.392 e. The number of hydrogen-bond acceptors (Lipinski definition) is 2. The topological polar surface area (TPSA) is 33.1 Å². The second-order valence-electron chi connectivity index (χ2n) is 3.50. The molecule has 72 valence electrons. The molecule has 0 aliphatic rings. The van der Waals surface area contributed by atoms with Crippen LogP contribution >= 0.6 is 0 Å². The number of aryl methyl sites for hydroxylation is 1. The van der Waals surface area contributed by atoms with Crippen molar-refractivity contribution >= 4 is 0 Å². The molecule has 0 saturated heterocycles. The van der Waals surface area contributed by atoms with Gasteiger partial charge in [-0.15, -0.1) is 0 Å². The second-order valence-corrected chi connectivity index (χ2v) is 3.50. The fraction of sp³-hybridized carbons (Fsp3) is 0.545. The Balaban J connectivity index is 3.19. The van der Waals surface area contributed by atoms with Crippen molar-refractivity contribution in [2.75, 3.05) is 0 Å². The fourth-order valence-electron chi connectivity index (χ4n) is 1.56. The molecule has 0 fully saturated rings. The summed E-state index contributed by atoms with van der Waals surface area (Å²) in [6.07, 6.45) is 2.78. The molecule has 0 aromatic carbocycles. The minimum Gasteiger partial charge on any atom is -0.392 e. The first kappa shape index (κ1) is 10.2. The average Bonchev–Trinajstić information content (AvgIpc) is 2.16. The number of pyridine rings is 1. The lowest BCUT2D eigenvalue weighted by atomic mass is 9.98. The van der Waals surface area contributed by atoms with Crippen LogP contribution < -0.4 is 0 Å². The van der Waals surface area contributed by atoms with Gasteiger partial charge in [-0.2, -0.15) is 0 Å². The second kappa shape index (κ2) is 4.38. The third-order valence-electron chi connectivity index (χ3n) is 2.27. The van der Waals surface area contributed by atoms with Gasteiger partial charge in [0.1, 0.15) is 0 Å². The Hall–Kier alpha value is -0.890. The van der Waals surface area contributed by atoms with E-state index in [-0.39, 0.29) is 6.61 Å². The summed E-state index contributed by atoms with van der Waals surface area (Å²) in [5.74, 6) is 0.383. The lowest BCUT2D eigenvalue weighted by Gasteiger charge is -2.12. The van der Waals surface area contributed by atoms with Crippen LogP contribution in [-0.2, 0) is 13.0 Å². The molecule has 0 aliphatic heterocycles. The molecule has 1 N–H and O–H groups in total. The third-order valence-corrected chi connectivity index (χ3v) is 2.27. The van der Waals surface area contributed by atoms with E-state index in [0.29, 0.717) is 5.92 Å². The SMILES string of the molecule is CCc1ccnc(C(C)C)c1CO. The van der Waals surface area contributed by atoms with Gasteiger partial charge < -0.3 is 5.11 Å². The van der Waals surface area contributed by atoms with Crippen molar-refractivity contribution in [3.8, 4) is 0 Å². The summed E-state index contributed by atoms with van der Waals surface area (Å²) >= 11 is 0. The van der Waals surface area contributed by atoms with Gasteiger partial charge in [-0.05, 0) is 24.0 Å². The number of rotatable bonds is 3. The maximum atomic E-state index is 9.24. The van der Waals surface area contributed by atoms with Crippen LogP contribution in [-0.4, -0.2) is 10.1 Å². The van der Waals surface area contributed by atoms with E-state index < -0.39 is 0 Å².